The lowest BCUT2D eigenvalue weighted by Gasteiger charge is -2.52. The first-order valence-corrected chi connectivity index (χ1v) is 7.84. The Morgan fingerprint density at radius 2 is 2.23 bits per heavy atom. The lowest BCUT2D eigenvalue weighted by Crippen LogP contribution is -2.69. The fourth-order valence-electron chi connectivity index (χ4n) is 3.24. The molecule has 2 aliphatic heterocycles. The van der Waals surface area contributed by atoms with E-state index in [9.17, 15) is 5.11 Å². The lowest BCUT2D eigenvalue weighted by molar-refractivity contribution is -0.0951. The number of morpholine rings is 1. The molecule has 1 aromatic heterocycles. The number of fused-ring (bicyclic) bond motifs is 1. The summed E-state index contributed by atoms with van der Waals surface area (Å²) in [6, 6.07) is 1.88. The van der Waals surface area contributed by atoms with E-state index < -0.39 is 0 Å². The van der Waals surface area contributed by atoms with Crippen LogP contribution in [0.15, 0.2) is 6.07 Å². The first kappa shape index (κ1) is 15.5. The van der Waals surface area contributed by atoms with E-state index in [1.165, 1.54) is 0 Å². The number of aromatic nitrogens is 2. The number of aliphatic hydroxyl groups is 1. The summed E-state index contributed by atoms with van der Waals surface area (Å²) in [5, 5.41) is 9.93. The van der Waals surface area contributed by atoms with Gasteiger partial charge in [-0.05, 0) is 13.8 Å². The molecule has 3 rings (SSSR count). The number of anilines is 1. The molecule has 0 radical (unpaired) electrons. The van der Waals surface area contributed by atoms with Gasteiger partial charge in [-0.15, -0.1) is 0 Å². The molecular formula is C15H24N4O3. The van der Waals surface area contributed by atoms with E-state index >= 15 is 0 Å². The van der Waals surface area contributed by atoms with Crippen LogP contribution in [0.2, 0.25) is 0 Å². The molecule has 22 heavy (non-hydrogen) atoms. The van der Waals surface area contributed by atoms with Crippen LogP contribution >= 0.6 is 0 Å². The lowest BCUT2D eigenvalue weighted by atomic mass is 9.94. The van der Waals surface area contributed by atoms with E-state index in [1.54, 1.807) is 0 Å². The molecule has 0 bridgehead atoms. The van der Waals surface area contributed by atoms with E-state index in [1.807, 2.05) is 19.9 Å². The number of ether oxygens (including phenoxy) is 2. The third-order valence-corrected chi connectivity index (χ3v) is 4.38. The maximum absolute atomic E-state index is 9.93. The fourth-order valence-corrected chi connectivity index (χ4v) is 3.24. The SMILES string of the molecule is CCOc1cc(N2CCN3CCOCC3(CO)C2)nc(C)n1. The van der Waals surface area contributed by atoms with Crippen molar-refractivity contribution in [3.63, 3.8) is 0 Å². The van der Waals surface area contributed by atoms with Crippen LogP contribution < -0.4 is 9.64 Å². The van der Waals surface area contributed by atoms with Gasteiger partial charge < -0.3 is 19.5 Å². The van der Waals surface area contributed by atoms with Gasteiger partial charge in [-0.1, -0.05) is 0 Å². The van der Waals surface area contributed by atoms with Gasteiger partial charge in [-0.2, -0.15) is 4.98 Å². The Balaban J connectivity index is 1.83. The summed E-state index contributed by atoms with van der Waals surface area (Å²) < 4.78 is 11.1. The van der Waals surface area contributed by atoms with Crippen LogP contribution in [0.1, 0.15) is 12.7 Å². The maximum atomic E-state index is 9.93. The van der Waals surface area contributed by atoms with Gasteiger partial charge in [0.05, 0.1) is 32.0 Å². The van der Waals surface area contributed by atoms with Crippen molar-refractivity contribution in [1.29, 1.82) is 0 Å². The van der Waals surface area contributed by atoms with E-state index in [4.69, 9.17) is 9.47 Å². The van der Waals surface area contributed by atoms with Gasteiger partial charge in [-0.3, -0.25) is 4.90 Å². The average Bonchev–Trinajstić information content (AvgIpc) is 2.54. The fraction of sp³-hybridized carbons (Fsp3) is 0.733. The van der Waals surface area contributed by atoms with E-state index in [0.29, 0.717) is 31.5 Å². The quantitative estimate of drug-likeness (QED) is 0.844. The van der Waals surface area contributed by atoms with Crippen LogP contribution in [0.5, 0.6) is 5.88 Å². The van der Waals surface area contributed by atoms with Crippen LogP contribution in [-0.4, -0.2) is 78.1 Å². The predicted molar refractivity (Wildman–Crippen MR) is 82.4 cm³/mol. The normalized spacial score (nSPS) is 25.9. The van der Waals surface area contributed by atoms with Crippen molar-refractivity contribution in [3.05, 3.63) is 11.9 Å². The number of aryl methyl sites for hydroxylation is 1. The molecule has 1 N–H and O–H groups in total. The Hall–Kier alpha value is -1.44. The minimum Gasteiger partial charge on any atom is -0.478 e. The van der Waals surface area contributed by atoms with Crippen LogP contribution in [0.4, 0.5) is 5.82 Å². The van der Waals surface area contributed by atoms with Gasteiger partial charge >= 0.3 is 0 Å². The highest BCUT2D eigenvalue weighted by Gasteiger charge is 2.44. The first-order valence-electron chi connectivity index (χ1n) is 7.84. The summed E-state index contributed by atoms with van der Waals surface area (Å²) in [6.07, 6.45) is 0. The van der Waals surface area contributed by atoms with Crippen molar-refractivity contribution in [2.75, 3.05) is 57.5 Å². The molecule has 0 spiro atoms. The Morgan fingerprint density at radius 3 is 3.00 bits per heavy atom. The molecule has 1 unspecified atom stereocenters. The second-order valence-corrected chi connectivity index (χ2v) is 5.89. The number of nitrogens with zero attached hydrogens (tertiary/aromatic N) is 4. The number of aliphatic hydroxyl groups excluding tert-OH is 1. The van der Waals surface area contributed by atoms with Gasteiger partial charge in [0.15, 0.2) is 0 Å². The Morgan fingerprint density at radius 1 is 1.36 bits per heavy atom. The third-order valence-electron chi connectivity index (χ3n) is 4.38. The minimum absolute atomic E-state index is 0.0892. The number of hydrogen-bond acceptors (Lipinski definition) is 7. The second kappa shape index (κ2) is 6.36. The van der Waals surface area contributed by atoms with Gasteiger partial charge in [0.1, 0.15) is 11.6 Å². The molecule has 1 aromatic rings. The first-order chi connectivity index (χ1) is 10.7. The third kappa shape index (κ3) is 2.88. The summed E-state index contributed by atoms with van der Waals surface area (Å²) >= 11 is 0. The zero-order valence-electron chi connectivity index (χ0n) is 13.3. The molecule has 0 amide bonds. The molecule has 2 fully saturated rings. The number of hydrogen-bond donors (Lipinski definition) is 1. The molecule has 1 atom stereocenters. The molecule has 7 heteroatoms. The molecule has 3 heterocycles. The molecule has 2 aliphatic rings. The zero-order chi connectivity index (χ0) is 15.6. The van der Waals surface area contributed by atoms with Crippen molar-refractivity contribution in [2.24, 2.45) is 0 Å². The second-order valence-electron chi connectivity index (χ2n) is 5.89. The van der Waals surface area contributed by atoms with Gasteiger partial charge in [-0.25, -0.2) is 4.98 Å². The molecule has 0 aromatic carbocycles. The van der Waals surface area contributed by atoms with Crippen LogP contribution in [0.25, 0.3) is 0 Å². The van der Waals surface area contributed by atoms with Crippen molar-refractivity contribution in [3.8, 4) is 5.88 Å². The van der Waals surface area contributed by atoms with Crippen molar-refractivity contribution < 1.29 is 14.6 Å². The molecule has 122 valence electrons. The number of piperazine rings is 1. The van der Waals surface area contributed by atoms with E-state index in [0.717, 1.165) is 32.1 Å². The van der Waals surface area contributed by atoms with Crippen LogP contribution in [0.3, 0.4) is 0 Å². The Kier molecular flexibility index (Phi) is 4.46. The van der Waals surface area contributed by atoms with Crippen LogP contribution in [-0.2, 0) is 4.74 Å². The van der Waals surface area contributed by atoms with Gasteiger partial charge in [0.25, 0.3) is 0 Å². The van der Waals surface area contributed by atoms with Crippen molar-refractivity contribution >= 4 is 5.82 Å². The van der Waals surface area contributed by atoms with Crippen molar-refractivity contribution in [2.45, 2.75) is 19.4 Å². The monoisotopic (exact) mass is 308 g/mol. The summed E-state index contributed by atoms with van der Waals surface area (Å²) in [6.45, 7) is 9.13. The Labute approximate surface area is 130 Å². The summed E-state index contributed by atoms with van der Waals surface area (Å²) in [5.74, 6) is 2.15. The summed E-state index contributed by atoms with van der Waals surface area (Å²) in [4.78, 5) is 13.4. The zero-order valence-corrected chi connectivity index (χ0v) is 13.3. The van der Waals surface area contributed by atoms with E-state index in [2.05, 4.69) is 19.8 Å². The van der Waals surface area contributed by atoms with Gasteiger partial charge in [0, 0.05) is 32.2 Å². The van der Waals surface area contributed by atoms with Gasteiger partial charge in [0.2, 0.25) is 5.88 Å². The predicted octanol–water partition coefficient (Wildman–Crippen LogP) is 0.0670. The smallest absolute Gasteiger partial charge is 0.218 e. The largest absolute Gasteiger partial charge is 0.478 e. The van der Waals surface area contributed by atoms with Crippen LogP contribution in [0, 0.1) is 6.92 Å². The summed E-state index contributed by atoms with van der Waals surface area (Å²) in [7, 11) is 0. The molecule has 2 saturated heterocycles. The van der Waals surface area contributed by atoms with E-state index in [-0.39, 0.29) is 12.1 Å². The topological polar surface area (TPSA) is 71.0 Å². The minimum atomic E-state index is -0.332. The standard InChI is InChI=1S/C15H24N4O3/c1-3-22-14-8-13(16-12(2)17-14)18-4-5-19-6-7-21-11-15(19,9-18)10-20/h8,20H,3-7,9-11H2,1-2H3. The highest BCUT2D eigenvalue weighted by molar-refractivity contribution is 5.43. The molecule has 0 aliphatic carbocycles. The average molecular weight is 308 g/mol. The molecule has 7 nitrogen and oxygen atoms in total. The highest BCUT2D eigenvalue weighted by Crippen LogP contribution is 2.28. The Bertz CT molecular complexity index is 528. The maximum Gasteiger partial charge on any atom is 0.218 e. The molecule has 0 saturated carbocycles. The highest BCUT2D eigenvalue weighted by atomic mass is 16.5. The number of rotatable bonds is 4. The summed E-state index contributed by atoms with van der Waals surface area (Å²) in [5.41, 5.74) is -0.332. The molecular weight excluding hydrogens is 284 g/mol. The van der Waals surface area contributed by atoms with Crippen molar-refractivity contribution in [1.82, 2.24) is 14.9 Å².